The van der Waals surface area contributed by atoms with Gasteiger partial charge in [0, 0.05) is 23.4 Å². The number of anilines is 1. The zero-order chi connectivity index (χ0) is 20.5. The van der Waals surface area contributed by atoms with Crippen molar-refractivity contribution in [3.8, 4) is 11.3 Å². The van der Waals surface area contributed by atoms with Gasteiger partial charge in [0.15, 0.2) is 5.13 Å². The molecule has 4 rings (SSSR count). The molecule has 1 aromatic heterocycles. The van der Waals surface area contributed by atoms with Crippen LogP contribution in [0.3, 0.4) is 0 Å². The molecule has 1 N–H and O–H groups in total. The molecule has 1 aliphatic heterocycles. The Kier molecular flexibility index (Phi) is 5.45. The summed E-state index contributed by atoms with van der Waals surface area (Å²) >= 11 is 1.33. The predicted molar refractivity (Wildman–Crippen MR) is 108 cm³/mol. The number of hydrogen-bond donors (Lipinski definition) is 1. The molecule has 1 aromatic carbocycles. The number of aromatic nitrogens is 1. The second-order valence-corrected chi connectivity index (χ2v) is 8.76. The first-order chi connectivity index (χ1) is 13.9. The highest BCUT2D eigenvalue weighted by Gasteiger charge is 2.47. The van der Waals surface area contributed by atoms with Gasteiger partial charge in [-0.2, -0.15) is 0 Å². The third kappa shape index (κ3) is 3.94. The SMILES string of the molecule is Cc1sc(NC(=O)CCN2C(=O)[C@@H]3CCCC[C@H]3C2=O)nc1-c1ccc(F)cc1. The Labute approximate surface area is 172 Å². The molecule has 8 heteroatoms. The molecule has 2 atom stereocenters. The summed E-state index contributed by atoms with van der Waals surface area (Å²) in [5, 5.41) is 3.19. The third-order valence-electron chi connectivity index (χ3n) is 5.66. The zero-order valence-electron chi connectivity index (χ0n) is 16.1. The van der Waals surface area contributed by atoms with Crippen LogP contribution in [0.4, 0.5) is 9.52 Å². The molecular weight excluding hydrogens is 393 g/mol. The number of nitrogens with zero attached hydrogens (tertiary/aromatic N) is 2. The average Bonchev–Trinajstić information content (AvgIpc) is 3.19. The molecular formula is C21H22FN3O3S. The molecule has 0 radical (unpaired) electrons. The van der Waals surface area contributed by atoms with Crippen LogP contribution in [0, 0.1) is 24.6 Å². The van der Waals surface area contributed by atoms with Crippen molar-refractivity contribution in [3.05, 3.63) is 35.0 Å². The Morgan fingerprint density at radius 3 is 2.41 bits per heavy atom. The van der Waals surface area contributed by atoms with Crippen LogP contribution in [0.5, 0.6) is 0 Å². The van der Waals surface area contributed by atoms with Crippen LogP contribution in [0.25, 0.3) is 11.3 Å². The minimum Gasteiger partial charge on any atom is -0.302 e. The van der Waals surface area contributed by atoms with E-state index in [1.165, 1.54) is 28.4 Å². The van der Waals surface area contributed by atoms with Gasteiger partial charge >= 0.3 is 0 Å². The predicted octanol–water partition coefficient (Wildman–Crippen LogP) is 3.76. The van der Waals surface area contributed by atoms with Crippen molar-refractivity contribution in [2.45, 2.75) is 39.0 Å². The summed E-state index contributed by atoms with van der Waals surface area (Å²) in [5.41, 5.74) is 1.47. The van der Waals surface area contributed by atoms with Crippen molar-refractivity contribution in [2.24, 2.45) is 11.8 Å². The molecule has 29 heavy (non-hydrogen) atoms. The average molecular weight is 415 g/mol. The van der Waals surface area contributed by atoms with Gasteiger partial charge in [0.1, 0.15) is 5.82 Å². The van der Waals surface area contributed by atoms with Gasteiger partial charge in [-0.25, -0.2) is 9.37 Å². The zero-order valence-corrected chi connectivity index (χ0v) is 16.9. The molecule has 2 aromatic rings. The first-order valence-electron chi connectivity index (χ1n) is 9.82. The second kappa shape index (κ2) is 8.02. The van der Waals surface area contributed by atoms with Crippen LogP contribution in [0.2, 0.25) is 0 Å². The van der Waals surface area contributed by atoms with Crippen molar-refractivity contribution in [2.75, 3.05) is 11.9 Å². The molecule has 1 aliphatic carbocycles. The monoisotopic (exact) mass is 415 g/mol. The molecule has 2 heterocycles. The van der Waals surface area contributed by atoms with Crippen LogP contribution < -0.4 is 5.32 Å². The van der Waals surface area contributed by atoms with Crippen LogP contribution >= 0.6 is 11.3 Å². The van der Waals surface area contributed by atoms with Gasteiger partial charge in [-0.1, -0.05) is 12.8 Å². The van der Waals surface area contributed by atoms with Crippen LogP contribution in [0.15, 0.2) is 24.3 Å². The molecule has 0 spiro atoms. The lowest BCUT2D eigenvalue weighted by atomic mass is 9.81. The lowest BCUT2D eigenvalue weighted by molar-refractivity contribution is -0.140. The largest absolute Gasteiger partial charge is 0.302 e. The summed E-state index contributed by atoms with van der Waals surface area (Å²) in [4.78, 5) is 43.9. The summed E-state index contributed by atoms with van der Waals surface area (Å²) in [6.07, 6.45) is 3.54. The van der Waals surface area contributed by atoms with Gasteiger partial charge in [0.2, 0.25) is 17.7 Å². The number of hydrogen-bond acceptors (Lipinski definition) is 5. The maximum atomic E-state index is 13.1. The Morgan fingerprint density at radius 1 is 1.17 bits per heavy atom. The van der Waals surface area contributed by atoms with E-state index < -0.39 is 0 Å². The van der Waals surface area contributed by atoms with Gasteiger partial charge in [-0.15, -0.1) is 11.3 Å². The van der Waals surface area contributed by atoms with E-state index in [-0.39, 0.29) is 48.3 Å². The topological polar surface area (TPSA) is 79.4 Å². The van der Waals surface area contributed by atoms with Crippen LogP contribution in [-0.4, -0.2) is 34.2 Å². The van der Waals surface area contributed by atoms with E-state index in [2.05, 4.69) is 10.3 Å². The third-order valence-corrected chi connectivity index (χ3v) is 6.54. The van der Waals surface area contributed by atoms with E-state index in [9.17, 15) is 18.8 Å². The summed E-state index contributed by atoms with van der Waals surface area (Å²) in [6, 6.07) is 6.03. The van der Waals surface area contributed by atoms with E-state index in [0.29, 0.717) is 10.8 Å². The molecule has 6 nitrogen and oxygen atoms in total. The van der Waals surface area contributed by atoms with Crippen LogP contribution in [0.1, 0.15) is 37.0 Å². The summed E-state index contributed by atoms with van der Waals surface area (Å²) < 4.78 is 13.1. The number of thiazole rings is 1. The normalized spacial score (nSPS) is 21.4. The second-order valence-electron chi connectivity index (χ2n) is 7.55. The molecule has 1 saturated carbocycles. The number of benzene rings is 1. The van der Waals surface area contributed by atoms with E-state index >= 15 is 0 Å². The van der Waals surface area contributed by atoms with E-state index in [4.69, 9.17) is 0 Å². The summed E-state index contributed by atoms with van der Waals surface area (Å²) in [5.74, 6) is -1.26. The molecule has 2 aliphatic rings. The van der Waals surface area contributed by atoms with Crippen molar-refractivity contribution in [1.29, 1.82) is 0 Å². The number of carbonyl (C=O) groups is 3. The lowest BCUT2D eigenvalue weighted by Crippen LogP contribution is -2.34. The van der Waals surface area contributed by atoms with Crippen molar-refractivity contribution >= 4 is 34.2 Å². The number of carbonyl (C=O) groups excluding carboxylic acids is 3. The van der Waals surface area contributed by atoms with Crippen molar-refractivity contribution in [3.63, 3.8) is 0 Å². The number of aryl methyl sites for hydroxylation is 1. The van der Waals surface area contributed by atoms with Crippen LogP contribution in [-0.2, 0) is 14.4 Å². The van der Waals surface area contributed by atoms with Gasteiger partial charge < -0.3 is 5.32 Å². The highest BCUT2D eigenvalue weighted by Crippen LogP contribution is 2.38. The highest BCUT2D eigenvalue weighted by molar-refractivity contribution is 7.16. The van der Waals surface area contributed by atoms with Gasteiger partial charge in [0.05, 0.1) is 17.5 Å². The fraction of sp³-hybridized carbons (Fsp3) is 0.429. The Hall–Kier alpha value is -2.61. The smallest absolute Gasteiger partial charge is 0.233 e. The van der Waals surface area contributed by atoms with Gasteiger partial charge in [-0.05, 0) is 44.0 Å². The van der Waals surface area contributed by atoms with Gasteiger partial charge in [0.25, 0.3) is 0 Å². The van der Waals surface area contributed by atoms with Crippen molar-refractivity contribution in [1.82, 2.24) is 9.88 Å². The molecule has 2 fully saturated rings. The van der Waals surface area contributed by atoms with Crippen molar-refractivity contribution < 1.29 is 18.8 Å². The number of amides is 3. The fourth-order valence-electron chi connectivity index (χ4n) is 4.17. The number of rotatable bonds is 5. The quantitative estimate of drug-likeness (QED) is 0.754. The highest BCUT2D eigenvalue weighted by atomic mass is 32.1. The fourth-order valence-corrected chi connectivity index (χ4v) is 5.02. The summed E-state index contributed by atoms with van der Waals surface area (Å²) in [6.45, 7) is 1.99. The van der Waals surface area contributed by atoms with Gasteiger partial charge in [-0.3, -0.25) is 19.3 Å². The first kappa shape index (κ1) is 19.7. The number of imide groups is 1. The number of fused-ring (bicyclic) bond motifs is 1. The Bertz CT molecular complexity index is 933. The van der Waals surface area contributed by atoms with E-state index in [1.54, 1.807) is 12.1 Å². The standard InChI is InChI=1S/C21H22FN3O3S/c1-12-18(13-6-8-14(22)9-7-13)24-21(29-12)23-17(26)10-11-25-19(27)15-4-2-3-5-16(15)20(25)28/h6-9,15-16H,2-5,10-11H2,1H3,(H,23,24,26)/t15-,16-/m1/s1. The number of halogens is 1. The minimum absolute atomic E-state index is 0.0431. The first-order valence-corrected chi connectivity index (χ1v) is 10.6. The number of likely N-dealkylation sites (tertiary alicyclic amines) is 1. The molecule has 3 amide bonds. The Morgan fingerprint density at radius 2 is 1.79 bits per heavy atom. The number of nitrogens with one attached hydrogen (secondary N) is 1. The Balaban J connectivity index is 1.37. The van der Waals surface area contributed by atoms with E-state index in [1.807, 2.05) is 6.92 Å². The maximum absolute atomic E-state index is 13.1. The molecule has 152 valence electrons. The maximum Gasteiger partial charge on any atom is 0.233 e. The molecule has 1 saturated heterocycles. The minimum atomic E-state index is -0.319. The molecule has 0 bridgehead atoms. The summed E-state index contributed by atoms with van der Waals surface area (Å²) in [7, 11) is 0. The molecule has 0 unspecified atom stereocenters. The lowest BCUT2D eigenvalue weighted by Gasteiger charge is -2.19. The van der Waals surface area contributed by atoms with E-state index in [0.717, 1.165) is 36.1 Å².